The van der Waals surface area contributed by atoms with Crippen LogP contribution in [0.4, 0.5) is 0 Å². The highest BCUT2D eigenvalue weighted by Gasteiger charge is 2.22. The first kappa shape index (κ1) is 14.8. The Morgan fingerprint density at radius 3 is 2.80 bits per heavy atom. The standard InChI is InChI=1S/C13H20N4O2S/c1-9-7-20-8-11(9)13(18)15-10-2-4-17(5-3-10)6-12(14)16-19/h7-8,10,19H,2-6H2,1H3,(H2,14,16)(H,15,18). The zero-order chi connectivity index (χ0) is 14.5. The number of nitrogens with zero attached hydrogens (tertiary/aromatic N) is 2. The molecule has 1 saturated heterocycles. The molecule has 0 bridgehead atoms. The smallest absolute Gasteiger partial charge is 0.252 e. The van der Waals surface area contributed by atoms with Gasteiger partial charge in [0.1, 0.15) is 0 Å². The molecule has 1 aliphatic heterocycles. The molecule has 0 atom stereocenters. The van der Waals surface area contributed by atoms with Crippen LogP contribution >= 0.6 is 11.3 Å². The molecule has 1 aliphatic rings. The predicted molar refractivity (Wildman–Crippen MR) is 79.4 cm³/mol. The van der Waals surface area contributed by atoms with Crippen molar-refractivity contribution in [1.29, 1.82) is 0 Å². The summed E-state index contributed by atoms with van der Waals surface area (Å²) in [5.41, 5.74) is 7.29. The first-order valence-electron chi connectivity index (χ1n) is 6.62. The minimum atomic E-state index is 0.0126. The maximum absolute atomic E-state index is 12.1. The Morgan fingerprint density at radius 1 is 1.55 bits per heavy atom. The van der Waals surface area contributed by atoms with Gasteiger partial charge in [0.2, 0.25) is 0 Å². The van der Waals surface area contributed by atoms with Crippen LogP contribution in [-0.4, -0.2) is 47.5 Å². The second kappa shape index (κ2) is 6.71. The Labute approximate surface area is 122 Å². The summed E-state index contributed by atoms with van der Waals surface area (Å²) < 4.78 is 0. The molecular weight excluding hydrogens is 276 g/mol. The minimum Gasteiger partial charge on any atom is -0.409 e. The number of amides is 1. The number of nitrogens with one attached hydrogen (secondary N) is 1. The monoisotopic (exact) mass is 296 g/mol. The largest absolute Gasteiger partial charge is 0.409 e. The molecule has 1 aromatic heterocycles. The van der Waals surface area contributed by atoms with Crippen molar-refractivity contribution in [3.05, 3.63) is 21.9 Å². The van der Waals surface area contributed by atoms with Gasteiger partial charge >= 0.3 is 0 Å². The van der Waals surface area contributed by atoms with Gasteiger partial charge in [-0.15, -0.1) is 0 Å². The summed E-state index contributed by atoms with van der Waals surface area (Å²) in [6.45, 7) is 4.10. The number of carbonyl (C=O) groups excluding carboxylic acids is 1. The van der Waals surface area contributed by atoms with Crippen molar-refractivity contribution in [3.63, 3.8) is 0 Å². The molecule has 2 rings (SSSR count). The third-order valence-corrected chi connectivity index (χ3v) is 4.40. The van der Waals surface area contributed by atoms with Crippen molar-refractivity contribution in [3.8, 4) is 0 Å². The fourth-order valence-corrected chi connectivity index (χ4v) is 3.18. The second-order valence-corrected chi connectivity index (χ2v) is 5.83. The molecule has 0 aliphatic carbocycles. The van der Waals surface area contributed by atoms with Crippen LogP contribution in [0, 0.1) is 6.92 Å². The number of hydrogen-bond donors (Lipinski definition) is 3. The summed E-state index contributed by atoms with van der Waals surface area (Å²) in [7, 11) is 0. The number of amidine groups is 1. The van der Waals surface area contributed by atoms with E-state index in [1.165, 1.54) is 0 Å². The zero-order valence-corrected chi connectivity index (χ0v) is 12.3. The molecule has 0 spiro atoms. The van der Waals surface area contributed by atoms with Crippen LogP contribution < -0.4 is 11.1 Å². The van der Waals surface area contributed by atoms with Gasteiger partial charge in [0.25, 0.3) is 5.91 Å². The molecule has 0 unspecified atom stereocenters. The molecule has 4 N–H and O–H groups in total. The Balaban J connectivity index is 1.80. The van der Waals surface area contributed by atoms with E-state index in [1.54, 1.807) is 11.3 Å². The SMILES string of the molecule is Cc1cscc1C(=O)NC1CCN(CC(N)=NO)CC1. The van der Waals surface area contributed by atoms with Gasteiger partial charge in [0.05, 0.1) is 12.1 Å². The van der Waals surface area contributed by atoms with E-state index in [4.69, 9.17) is 10.9 Å². The molecular formula is C13H20N4O2S. The van der Waals surface area contributed by atoms with Crippen molar-refractivity contribution >= 4 is 23.1 Å². The average Bonchev–Trinajstić information content (AvgIpc) is 2.87. The Morgan fingerprint density at radius 2 is 2.25 bits per heavy atom. The molecule has 0 saturated carbocycles. The number of oxime groups is 1. The number of likely N-dealkylation sites (tertiary alicyclic amines) is 1. The Bertz CT molecular complexity index is 492. The van der Waals surface area contributed by atoms with Crippen molar-refractivity contribution in [1.82, 2.24) is 10.2 Å². The predicted octanol–water partition coefficient (Wildman–Crippen LogP) is 0.997. The quantitative estimate of drug-likeness (QED) is 0.334. The zero-order valence-electron chi connectivity index (χ0n) is 11.5. The molecule has 1 amide bonds. The molecule has 6 nitrogen and oxygen atoms in total. The summed E-state index contributed by atoms with van der Waals surface area (Å²) in [5.74, 6) is 0.236. The minimum absolute atomic E-state index is 0.0126. The van der Waals surface area contributed by atoms with Gasteiger partial charge in [0, 0.05) is 24.5 Å². The first-order chi connectivity index (χ1) is 9.60. The van der Waals surface area contributed by atoms with Gasteiger partial charge in [-0.1, -0.05) is 5.16 Å². The highest BCUT2D eigenvalue weighted by atomic mass is 32.1. The lowest BCUT2D eigenvalue weighted by atomic mass is 10.0. The third kappa shape index (κ3) is 3.71. The van der Waals surface area contributed by atoms with Gasteiger partial charge < -0.3 is 16.3 Å². The van der Waals surface area contributed by atoms with Crippen molar-refractivity contribution in [2.24, 2.45) is 10.9 Å². The number of nitrogens with two attached hydrogens (primary N) is 1. The molecule has 0 aromatic carbocycles. The summed E-state index contributed by atoms with van der Waals surface area (Å²) in [4.78, 5) is 14.2. The second-order valence-electron chi connectivity index (χ2n) is 5.08. The highest BCUT2D eigenvalue weighted by molar-refractivity contribution is 7.08. The number of rotatable bonds is 4. The Hall–Kier alpha value is -1.60. The Kier molecular flexibility index (Phi) is 4.97. The molecule has 2 heterocycles. The number of aryl methyl sites for hydroxylation is 1. The van der Waals surface area contributed by atoms with E-state index >= 15 is 0 Å². The van der Waals surface area contributed by atoms with Crippen molar-refractivity contribution in [2.45, 2.75) is 25.8 Å². The van der Waals surface area contributed by atoms with Crippen LogP contribution in [0.25, 0.3) is 0 Å². The number of carbonyl (C=O) groups is 1. The lowest BCUT2D eigenvalue weighted by molar-refractivity contribution is 0.0914. The maximum atomic E-state index is 12.1. The molecule has 1 fully saturated rings. The van der Waals surface area contributed by atoms with E-state index in [2.05, 4.69) is 15.4 Å². The van der Waals surface area contributed by atoms with Crippen LogP contribution in [0.1, 0.15) is 28.8 Å². The number of hydrogen-bond acceptors (Lipinski definition) is 5. The van der Waals surface area contributed by atoms with Gasteiger partial charge in [-0.25, -0.2) is 0 Å². The van der Waals surface area contributed by atoms with Gasteiger partial charge in [-0.2, -0.15) is 11.3 Å². The summed E-state index contributed by atoms with van der Waals surface area (Å²) in [5, 5.41) is 18.5. The summed E-state index contributed by atoms with van der Waals surface area (Å²) >= 11 is 1.55. The van der Waals surface area contributed by atoms with Crippen LogP contribution in [0.3, 0.4) is 0 Å². The van der Waals surface area contributed by atoms with Crippen LogP contribution in [0.5, 0.6) is 0 Å². The van der Waals surface area contributed by atoms with Crippen LogP contribution in [0.2, 0.25) is 0 Å². The average molecular weight is 296 g/mol. The maximum Gasteiger partial charge on any atom is 0.252 e. The van der Waals surface area contributed by atoms with Gasteiger partial charge in [-0.3, -0.25) is 9.69 Å². The van der Waals surface area contributed by atoms with Crippen molar-refractivity contribution < 1.29 is 10.0 Å². The lowest BCUT2D eigenvalue weighted by Crippen LogP contribution is -2.46. The van der Waals surface area contributed by atoms with E-state index in [0.29, 0.717) is 6.54 Å². The van der Waals surface area contributed by atoms with E-state index in [-0.39, 0.29) is 17.8 Å². The normalized spacial score (nSPS) is 18.1. The molecule has 1 aromatic rings. The number of thiophene rings is 1. The topological polar surface area (TPSA) is 91.0 Å². The fraction of sp³-hybridized carbons (Fsp3) is 0.538. The van der Waals surface area contributed by atoms with Crippen LogP contribution in [-0.2, 0) is 0 Å². The van der Waals surface area contributed by atoms with E-state index < -0.39 is 0 Å². The van der Waals surface area contributed by atoms with E-state index in [9.17, 15) is 4.79 Å². The highest BCUT2D eigenvalue weighted by Crippen LogP contribution is 2.15. The van der Waals surface area contributed by atoms with Crippen LogP contribution in [0.15, 0.2) is 15.9 Å². The molecule has 20 heavy (non-hydrogen) atoms. The third-order valence-electron chi connectivity index (χ3n) is 3.54. The fourth-order valence-electron chi connectivity index (χ4n) is 2.35. The van der Waals surface area contributed by atoms with E-state index in [1.807, 2.05) is 17.7 Å². The van der Waals surface area contributed by atoms with E-state index in [0.717, 1.165) is 37.1 Å². The van der Waals surface area contributed by atoms with Gasteiger partial charge in [-0.05, 0) is 30.7 Å². The lowest BCUT2D eigenvalue weighted by Gasteiger charge is -2.31. The molecule has 0 radical (unpaired) electrons. The summed E-state index contributed by atoms with van der Waals surface area (Å²) in [6.07, 6.45) is 1.77. The molecule has 7 heteroatoms. The summed E-state index contributed by atoms with van der Waals surface area (Å²) in [6, 6.07) is 0.199. The number of piperidine rings is 1. The first-order valence-corrected chi connectivity index (χ1v) is 7.57. The van der Waals surface area contributed by atoms with Crippen molar-refractivity contribution in [2.75, 3.05) is 19.6 Å². The molecule has 110 valence electrons. The van der Waals surface area contributed by atoms with Gasteiger partial charge in [0.15, 0.2) is 5.84 Å².